The second kappa shape index (κ2) is 6.80. The Kier molecular flexibility index (Phi) is 5.66. The molecule has 0 radical (unpaired) electrons. The maximum absolute atomic E-state index is 12.4. The van der Waals surface area contributed by atoms with Crippen LogP contribution in [0.4, 0.5) is 18.9 Å². The largest absolute Gasteiger partial charge is 0.405 e. The van der Waals surface area contributed by atoms with Gasteiger partial charge in [0.25, 0.3) is 0 Å². The van der Waals surface area contributed by atoms with Crippen molar-refractivity contribution in [1.82, 2.24) is 5.32 Å². The Bertz CT molecular complexity index is 373. The van der Waals surface area contributed by atoms with E-state index in [-0.39, 0.29) is 6.04 Å². The van der Waals surface area contributed by atoms with E-state index in [1.54, 1.807) is 19.1 Å². The summed E-state index contributed by atoms with van der Waals surface area (Å²) in [6, 6.07) is 7.46. The summed E-state index contributed by atoms with van der Waals surface area (Å²) in [5.41, 5.74) is 1.68. The third-order valence-corrected chi connectivity index (χ3v) is 3.02. The van der Waals surface area contributed by atoms with Crippen LogP contribution in [0, 0.1) is 0 Å². The molecular formula is C14H21F3N2. The van der Waals surface area contributed by atoms with Gasteiger partial charge >= 0.3 is 6.18 Å². The van der Waals surface area contributed by atoms with Crippen LogP contribution in [0.3, 0.4) is 0 Å². The molecule has 1 atom stereocenters. The molecule has 0 amide bonds. The van der Waals surface area contributed by atoms with Crippen molar-refractivity contribution >= 4 is 5.69 Å². The third-order valence-electron chi connectivity index (χ3n) is 3.02. The molecule has 1 aromatic rings. The molecule has 1 rings (SSSR count). The highest BCUT2D eigenvalue weighted by Gasteiger charge is 2.30. The minimum absolute atomic E-state index is 0.205. The van der Waals surface area contributed by atoms with Crippen LogP contribution in [0.5, 0.6) is 0 Å². The molecule has 1 unspecified atom stereocenters. The summed E-state index contributed by atoms with van der Waals surface area (Å²) in [4.78, 5) is 1.32. The molecule has 5 heteroatoms. The van der Waals surface area contributed by atoms with Gasteiger partial charge < -0.3 is 10.2 Å². The van der Waals surface area contributed by atoms with E-state index >= 15 is 0 Å². The van der Waals surface area contributed by atoms with Gasteiger partial charge in [0.1, 0.15) is 6.54 Å². The van der Waals surface area contributed by atoms with Crippen LogP contribution in [-0.2, 0) is 0 Å². The summed E-state index contributed by atoms with van der Waals surface area (Å²) in [5, 5.41) is 3.27. The van der Waals surface area contributed by atoms with Crippen molar-refractivity contribution < 1.29 is 13.2 Å². The van der Waals surface area contributed by atoms with E-state index in [0.717, 1.165) is 12.1 Å². The van der Waals surface area contributed by atoms with Gasteiger partial charge in [0.05, 0.1) is 0 Å². The highest BCUT2D eigenvalue weighted by Crippen LogP contribution is 2.23. The number of alkyl halides is 3. The fraction of sp³-hybridized carbons (Fsp3) is 0.571. The van der Waals surface area contributed by atoms with E-state index in [4.69, 9.17) is 0 Å². The number of hydrogen-bond acceptors (Lipinski definition) is 2. The second-order valence-electron chi connectivity index (χ2n) is 4.50. The zero-order chi connectivity index (χ0) is 14.5. The summed E-state index contributed by atoms with van der Waals surface area (Å²) < 4.78 is 37.3. The minimum atomic E-state index is -4.17. The molecule has 1 N–H and O–H groups in total. The summed E-state index contributed by atoms with van der Waals surface area (Å²) >= 11 is 0. The van der Waals surface area contributed by atoms with Crippen molar-refractivity contribution in [1.29, 1.82) is 0 Å². The number of benzene rings is 1. The Balaban J connectivity index is 2.78. The molecule has 0 fully saturated rings. The molecule has 108 valence electrons. The first-order chi connectivity index (χ1) is 8.87. The number of rotatable bonds is 6. The predicted octanol–water partition coefficient (Wildman–Crippen LogP) is 3.75. The van der Waals surface area contributed by atoms with E-state index in [1.807, 2.05) is 26.0 Å². The fourth-order valence-corrected chi connectivity index (χ4v) is 2.00. The molecule has 1 aromatic carbocycles. The summed E-state index contributed by atoms with van der Waals surface area (Å²) in [6.45, 7) is 6.06. The minimum Gasteiger partial charge on any atom is -0.363 e. The van der Waals surface area contributed by atoms with Crippen molar-refractivity contribution in [2.45, 2.75) is 33.0 Å². The van der Waals surface area contributed by atoms with Crippen molar-refractivity contribution in [3.05, 3.63) is 29.8 Å². The average molecular weight is 274 g/mol. The first-order valence-corrected chi connectivity index (χ1v) is 6.52. The lowest BCUT2D eigenvalue weighted by Crippen LogP contribution is -2.34. The highest BCUT2D eigenvalue weighted by atomic mass is 19.4. The molecule has 0 aromatic heterocycles. The zero-order valence-electron chi connectivity index (χ0n) is 11.6. The Labute approximate surface area is 112 Å². The molecule has 0 heterocycles. The van der Waals surface area contributed by atoms with Crippen LogP contribution in [0.25, 0.3) is 0 Å². The SMILES string of the molecule is CCNC(C)c1ccc(N(CC)CC(F)(F)F)cc1. The maximum Gasteiger partial charge on any atom is 0.405 e. The van der Waals surface area contributed by atoms with E-state index in [9.17, 15) is 13.2 Å². The molecular weight excluding hydrogens is 253 g/mol. The van der Waals surface area contributed by atoms with E-state index in [0.29, 0.717) is 12.2 Å². The van der Waals surface area contributed by atoms with Gasteiger partial charge in [-0.05, 0) is 38.1 Å². The Hall–Kier alpha value is -1.23. The number of nitrogens with one attached hydrogen (secondary N) is 1. The Morgan fingerprint density at radius 2 is 1.74 bits per heavy atom. The molecule has 0 aliphatic rings. The Morgan fingerprint density at radius 3 is 2.16 bits per heavy atom. The number of anilines is 1. The molecule has 0 aliphatic carbocycles. The van der Waals surface area contributed by atoms with Gasteiger partial charge in [-0.2, -0.15) is 13.2 Å². The molecule has 0 spiro atoms. The molecule has 0 saturated carbocycles. The van der Waals surface area contributed by atoms with Gasteiger partial charge in [-0.15, -0.1) is 0 Å². The van der Waals surface area contributed by atoms with Crippen LogP contribution in [-0.4, -0.2) is 25.8 Å². The molecule has 0 aliphatic heterocycles. The topological polar surface area (TPSA) is 15.3 Å². The summed E-state index contributed by atoms with van der Waals surface area (Å²) in [7, 11) is 0. The quantitative estimate of drug-likeness (QED) is 0.850. The van der Waals surface area contributed by atoms with Crippen LogP contribution >= 0.6 is 0 Å². The monoisotopic (exact) mass is 274 g/mol. The molecule has 2 nitrogen and oxygen atoms in total. The van der Waals surface area contributed by atoms with Crippen LogP contribution < -0.4 is 10.2 Å². The van der Waals surface area contributed by atoms with Crippen LogP contribution in [0.15, 0.2) is 24.3 Å². The highest BCUT2D eigenvalue weighted by molar-refractivity contribution is 5.48. The first-order valence-electron chi connectivity index (χ1n) is 6.52. The van der Waals surface area contributed by atoms with Crippen LogP contribution in [0.2, 0.25) is 0 Å². The van der Waals surface area contributed by atoms with Crippen molar-refractivity contribution in [3.63, 3.8) is 0 Å². The van der Waals surface area contributed by atoms with Gasteiger partial charge in [0.2, 0.25) is 0 Å². The average Bonchev–Trinajstić information content (AvgIpc) is 2.35. The zero-order valence-corrected chi connectivity index (χ0v) is 11.6. The van der Waals surface area contributed by atoms with E-state index in [1.165, 1.54) is 4.90 Å². The van der Waals surface area contributed by atoms with Gasteiger partial charge in [-0.1, -0.05) is 19.1 Å². The maximum atomic E-state index is 12.4. The lowest BCUT2D eigenvalue weighted by Gasteiger charge is -2.25. The van der Waals surface area contributed by atoms with Crippen LogP contribution in [0.1, 0.15) is 32.4 Å². The lowest BCUT2D eigenvalue weighted by atomic mass is 10.1. The molecule has 19 heavy (non-hydrogen) atoms. The normalized spacial score (nSPS) is 13.4. The van der Waals surface area contributed by atoms with Gasteiger partial charge in [-0.25, -0.2) is 0 Å². The van der Waals surface area contributed by atoms with E-state index in [2.05, 4.69) is 5.32 Å². The number of nitrogens with zero attached hydrogens (tertiary/aromatic N) is 1. The standard InChI is InChI=1S/C14H21F3N2/c1-4-18-11(3)12-6-8-13(9-7-12)19(5-2)10-14(15,16)17/h6-9,11,18H,4-5,10H2,1-3H3. The van der Waals surface area contributed by atoms with Crippen molar-refractivity contribution in [2.24, 2.45) is 0 Å². The lowest BCUT2D eigenvalue weighted by molar-refractivity contribution is -0.119. The van der Waals surface area contributed by atoms with Gasteiger partial charge in [-0.3, -0.25) is 0 Å². The van der Waals surface area contributed by atoms with E-state index < -0.39 is 12.7 Å². The molecule has 0 bridgehead atoms. The van der Waals surface area contributed by atoms with Crippen molar-refractivity contribution in [3.8, 4) is 0 Å². The van der Waals surface area contributed by atoms with Crippen molar-refractivity contribution in [2.75, 3.05) is 24.5 Å². The first kappa shape index (κ1) is 15.8. The fourth-order valence-electron chi connectivity index (χ4n) is 2.00. The number of halogens is 3. The predicted molar refractivity (Wildman–Crippen MR) is 72.5 cm³/mol. The van der Waals surface area contributed by atoms with Gasteiger partial charge in [0.15, 0.2) is 0 Å². The number of hydrogen-bond donors (Lipinski definition) is 1. The third kappa shape index (κ3) is 5.11. The Morgan fingerprint density at radius 1 is 1.16 bits per heavy atom. The smallest absolute Gasteiger partial charge is 0.363 e. The molecule has 0 saturated heterocycles. The second-order valence-corrected chi connectivity index (χ2v) is 4.50. The summed E-state index contributed by atoms with van der Waals surface area (Å²) in [5.74, 6) is 0. The summed E-state index contributed by atoms with van der Waals surface area (Å²) in [6.07, 6.45) is -4.17. The van der Waals surface area contributed by atoms with Gasteiger partial charge in [0, 0.05) is 18.3 Å².